The normalized spacial score (nSPS) is 23.2. The Morgan fingerprint density at radius 1 is 0.641 bits per heavy atom. The lowest BCUT2D eigenvalue weighted by Crippen LogP contribution is -2.60. The summed E-state index contributed by atoms with van der Waals surface area (Å²) in [5.74, 6) is -0.727. The van der Waals surface area contributed by atoms with Gasteiger partial charge in [-0.2, -0.15) is 0 Å². The molecule has 7 nitrogen and oxygen atoms in total. The van der Waals surface area contributed by atoms with Crippen molar-refractivity contribution in [1.29, 1.82) is 0 Å². The van der Waals surface area contributed by atoms with Crippen LogP contribution in [0, 0.1) is 0 Å². The van der Waals surface area contributed by atoms with E-state index < -0.39 is 42.3 Å². The second kappa shape index (κ2) is 11.9. The summed E-state index contributed by atoms with van der Waals surface area (Å²) in [5.41, 5.74) is 1.71. The van der Waals surface area contributed by atoms with Crippen molar-refractivity contribution in [2.45, 2.75) is 36.3 Å². The van der Waals surface area contributed by atoms with Crippen LogP contribution < -0.4 is 0 Å². The molecule has 5 rings (SSSR count). The van der Waals surface area contributed by atoms with E-state index >= 15 is 0 Å². The van der Waals surface area contributed by atoms with Crippen molar-refractivity contribution >= 4 is 5.97 Å². The third-order valence-corrected chi connectivity index (χ3v) is 6.91. The molecule has 1 heterocycles. The lowest BCUT2D eigenvalue weighted by molar-refractivity contribution is -0.290. The Bertz CT molecular complexity index is 1240. The van der Waals surface area contributed by atoms with Crippen LogP contribution in [0.1, 0.15) is 27.0 Å². The maximum Gasteiger partial charge on any atom is 0.340 e. The van der Waals surface area contributed by atoms with Gasteiger partial charge in [-0.1, -0.05) is 109 Å². The molecule has 1 aliphatic rings. The standard InChI is InChI=1S/C32H30O7/c33-27-26(38-31(29(35)28(27)34)39-30(36)22-13-5-1-6-14-22)21-37-32(23-15-7-2-8-16-23,24-17-9-3-10-18-24)25-19-11-4-12-20-25/h1-20,26-29,31,33-35H,21H2/t26-,27-,28+,29-,31-/m1/s1. The topological polar surface area (TPSA) is 105 Å². The molecule has 39 heavy (non-hydrogen) atoms. The molecule has 0 saturated carbocycles. The van der Waals surface area contributed by atoms with Crippen LogP contribution in [-0.4, -0.2) is 58.6 Å². The molecular weight excluding hydrogens is 496 g/mol. The zero-order valence-electron chi connectivity index (χ0n) is 21.1. The van der Waals surface area contributed by atoms with Crippen LogP contribution >= 0.6 is 0 Å². The number of hydrogen-bond donors (Lipinski definition) is 3. The quantitative estimate of drug-likeness (QED) is 0.238. The van der Waals surface area contributed by atoms with Crippen molar-refractivity contribution in [1.82, 2.24) is 0 Å². The highest BCUT2D eigenvalue weighted by Gasteiger charge is 2.47. The van der Waals surface area contributed by atoms with Crippen molar-refractivity contribution < 1.29 is 34.3 Å². The second-order valence-corrected chi connectivity index (χ2v) is 9.38. The predicted octanol–water partition coefficient (Wildman–Crippen LogP) is 3.66. The minimum atomic E-state index is -1.65. The summed E-state index contributed by atoms with van der Waals surface area (Å²) < 4.78 is 17.9. The molecule has 7 heteroatoms. The average Bonchev–Trinajstić information content (AvgIpc) is 3.00. The van der Waals surface area contributed by atoms with Gasteiger partial charge in [-0.15, -0.1) is 0 Å². The molecule has 0 unspecified atom stereocenters. The van der Waals surface area contributed by atoms with Gasteiger partial charge >= 0.3 is 5.97 Å². The third-order valence-electron chi connectivity index (χ3n) is 6.91. The Kier molecular flexibility index (Phi) is 8.16. The molecule has 1 aliphatic heterocycles. The number of ether oxygens (including phenoxy) is 3. The molecule has 0 amide bonds. The van der Waals surface area contributed by atoms with E-state index in [4.69, 9.17) is 14.2 Å². The largest absolute Gasteiger partial charge is 0.429 e. The van der Waals surface area contributed by atoms with E-state index in [2.05, 4.69) is 0 Å². The van der Waals surface area contributed by atoms with Crippen LogP contribution in [0.15, 0.2) is 121 Å². The summed E-state index contributed by atoms with van der Waals surface area (Å²) in [6.45, 7) is -0.191. The van der Waals surface area contributed by atoms with E-state index in [0.29, 0.717) is 0 Å². The Morgan fingerprint density at radius 3 is 1.54 bits per heavy atom. The molecule has 0 aliphatic carbocycles. The molecule has 1 saturated heterocycles. The molecule has 5 atom stereocenters. The highest BCUT2D eigenvalue weighted by molar-refractivity contribution is 5.89. The van der Waals surface area contributed by atoms with E-state index in [9.17, 15) is 20.1 Å². The Hall–Kier alpha value is -3.85. The Labute approximate surface area is 226 Å². The molecule has 3 N–H and O–H groups in total. The van der Waals surface area contributed by atoms with E-state index in [-0.39, 0.29) is 12.2 Å². The maximum absolute atomic E-state index is 12.6. The molecule has 0 aromatic heterocycles. The summed E-state index contributed by atoms with van der Waals surface area (Å²) in [7, 11) is 0. The first-order valence-corrected chi connectivity index (χ1v) is 12.8. The lowest BCUT2D eigenvalue weighted by atomic mass is 9.80. The number of aliphatic hydroxyl groups is 3. The van der Waals surface area contributed by atoms with Crippen molar-refractivity contribution in [3.05, 3.63) is 144 Å². The summed E-state index contributed by atoms with van der Waals surface area (Å²) >= 11 is 0. The first-order chi connectivity index (χ1) is 19.0. The third kappa shape index (κ3) is 5.49. The van der Waals surface area contributed by atoms with Gasteiger partial charge in [-0.05, 0) is 28.8 Å². The molecule has 200 valence electrons. The van der Waals surface area contributed by atoms with Crippen LogP contribution in [0.25, 0.3) is 0 Å². The van der Waals surface area contributed by atoms with Crippen LogP contribution in [0.3, 0.4) is 0 Å². The second-order valence-electron chi connectivity index (χ2n) is 9.38. The number of esters is 1. The van der Waals surface area contributed by atoms with Crippen molar-refractivity contribution in [2.24, 2.45) is 0 Å². The summed E-state index contributed by atoms with van der Waals surface area (Å²) in [4.78, 5) is 12.6. The molecule has 0 spiro atoms. The molecule has 4 aromatic carbocycles. The average molecular weight is 527 g/mol. The summed E-state index contributed by atoms with van der Waals surface area (Å²) in [6.07, 6.45) is -7.39. The van der Waals surface area contributed by atoms with Crippen LogP contribution in [0.2, 0.25) is 0 Å². The first kappa shape index (κ1) is 26.7. The number of carbonyl (C=O) groups is 1. The van der Waals surface area contributed by atoms with Gasteiger partial charge in [-0.3, -0.25) is 0 Å². The smallest absolute Gasteiger partial charge is 0.340 e. The van der Waals surface area contributed by atoms with Crippen molar-refractivity contribution in [3.63, 3.8) is 0 Å². The highest BCUT2D eigenvalue weighted by Crippen LogP contribution is 2.41. The fourth-order valence-electron chi connectivity index (χ4n) is 4.88. The monoisotopic (exact) mass is 526 g/mol. The predicted molar refractivity (Wildman–Crippen MR) is 144 cm³/mol. The van der Waals surface area contributed by atoms with E-state index in [1.54, 1.807) is 30.3 Å². The van der Waals surface area contributed by atoms with Crippen LogP contribution in [0.4, 0.5) is 0 Å². The SMILES string of the molecule is O=C(O[C@H]1O[C@H](COC(c2ccccc2)(c2ccccc2)c2ccccc2)[C@@H](O)[C@H](O)[C@H]1O)c1ccccc1. The number of benzene rings is 4. The Balaban J connectivity index is 1.46. The summed E-state index contributed by atoms with van der Waals surface area (Å²) in [6, 6.07) is 37.3. The van der Waals surface area contributed by atoms with Crippen LogP contribution in [-0.2, 0) is 19.8 Å². The zero-order chi connectivity index (χ0) is 27.2. The lowest BCUT2D eigenvalue weighted by Gasteiger charge is -2.42. The van der Waals surface area contributed by atoms with Crippen LogP contribution in [0.5, 0.6) is 0 Å². The van der Waals surface area contributed by atoms with Gasteiger partial charge in [0.05, 0.1) is 12.2 Å². The first-order valence-electron chi connectivity index (χ1n) is 12.8. The zero-order valence-corrected chi connectivity index (χ0v) is 21.1. The minimum absolute atomic E-state index is 0.191. The molecule has 0 bridgehead atoms. The van der Waals surface area contributed by atoms with Gasteiger partial charge in [0.2, 0.25) is 6.29 Å². The molecule has 1 fully saturated rings. The molecule has 0 radical (unpaired) electrons. The van der Waals surface area contributed by atoms with E-state index in [1.165, 1.54) is 0 Å². The highest BCUT2D eigenvalue weighted by atomic mass is 16.7. The number of rotatable bonds is 8. The van der Waals surface area contributed by atoms with Crippen molar-refractivity contribution in [2.75, 3.05) is 6.61 Å². The molecular formula is C32H30O7. The fourth-order valence-corrected chi connectivity index (χ4v) is 4.88. The minimum Gasteiger partial charge on any atom is -0.429 e. The number of aliphatic hydroxyl groups excluding tert-OH is 3. The molecule has 4 aromatic rings. The van der Waals surface area contributed by atoms with Gasteiger partial charge < -0.3 is 29.5 Å². The van der Waals surface area contributed by atoms with Gasteiger partial charge in [-0.25, -0.2) is 4.79 Å². The fraction of sp³-hybridized carbons (Fsp3) is 0.219. The number of carbonyl (C=O) groups excluding carboxylic acids is 1. The van der Waals surface area contributed by atoms with Gasteiger partial charge in [0.15, 0.2) is 0 Å². The van der Waals surface area contributed by atoms with Gasteiger partial charge in [0.25, 0.3) is 0 Å². The van der Waals surface area contributed by atoms with E-state index in [0.717, 1.165) is 16.7 Å². The summed E-state index contributed by atoms with van der Waals surface area (Å²) in [5, 5.41) is 32.0. The van der Waals surface area contributed by atoms with Crippen molar-refractivity contribution in [3.8, 4) is 0 Å². The maximum atomic E-state index is 12.6. The van der Waals surface area contributed by atoms with Gasteiger partial charge in [0.1, 0.15) is 30.0 Å². The van der Waals surface area contributed by atoms with E-state index in [1.807, 2.05) is 91.0 Å². The Morgan fingerprint density at radius 2 is 1.08 bits per heavy atom. The number of hydrogen-bond acceptors (Lipinski definition) is 7. The van der Waals surface area contributed by atoms with Gasteiger partial charge in [0, 0.05) is 0 Å².